The summed E-state index contributed by atoms with van der Waals surface area (Å²) in [6.45, 7) is 3.50. The van der Waals surface area contributed by atoms with Gasteiger partial charge in [0.15, 0.2) is 0 Å². The molecule has 6 nitrogen and oxygen atoms in total. The summed E-state index contributed by atoms with van der Waals surface area (Å²) in [5, 5.41) is 0. The van der Waals surface area contributed by atoms with Gasteiger partial charge in [-0.05, 0) is 42.7 Å². The molecular weight excluding hydrogens is 390 g/mol. The smallest absolute Gasteiger partial charge is 0.267 e. The van der Waals surface area contributed by atoms with Crippen molar-refractivity contribution < 1.29 is 23.5 Å². The molecule has 0 radical (unpaired) electrons. The van der Waals surface area contributed by atoms with Crippen LogP contribution in [0.25, 0.3) is 5.57 Å². The Hall–Kier alpha value is -2.51. The van der Waals surface area contributed by atoms with Gasteiger partial charge in [-0.3, -0.25) is 14.5 Å². The van der Waals surface area contributed by atoms with Crippen LogP contribution in [0.2, 0.25) is 0 Å². The largest absolute Gasteiger partial charge is 0.494 e. The monoisotopic (exact) mass is 415 g/mol. The van der Waals surface area contributed by atoms with Crippen LogP contribution in [-0.4, -0.2) is 43.6 Å². The highest BCUT2D eigenvalue weighted by Gasteiger charge is 2.38. The van der Waals surface area contributed by atoms with E-state index >= 15 is 0 Å². The highest BCUT2D eigenvalue weighted by molar-refractivity contribution is 8.03. The van der Waals surface area contributed by atoms with Crippen LogP contribution in [0.5, 0.6) is 5.75 Å². The molecule has 1 aliphatic heterocycles. The summed E-state index contributed by atoms with van der Waals surface area (Å²) in [7, 11) is 1.60. The number of hydrogen-bond donors (Lipinski definition) is 0. The number of benzene rings is 1. The first kappa shape index (κ1) is 21.2. The lowest BCUT2D eigenvalue weighted by Crippen LogP contribution is -2.33. The minimum absolute atomic E-state index is 0.260. The summed E-state index contributed by atoms with van der Waals surface area (Å²) in [5.41, 5.74) is 1.15. The van der Waals surface area contributed by atoms with Crippen molar-refractivity contribution in [3.63, 3.8) is 0 Å². The Morgan fingerprint density at radius 1 is 1.07 bits per heavy atom. The number of nitrogens with zero attached hydrogens (tertiary/aromatic N) is 1. The molecule has 7 heteroatoms. The van der Waals surface area contributed by atoms with Crippen molar-refractivity contribution >= 4 is 29.1 Å². The van der Waals surface area contributed by atoms with E-state index in [1.807, 2.05) is 37.3 Å². The molecular formula is C22H25NO5S. The number of rotatable bonds is 11. The molecule has 0 atom stereocenters. The van der Waals surface area contributed by atoms with Crippen molar-refractivity contribution in [2.24, 2.45) is 0 Å². The highest BCUT2D eigenvalue weighted by Crippen LogP contribution is 2.38. The van der Waals surface area contributed by atoms with Crippen LogP contribution in [0.1, 0.15) is 31.1 Å². The number of methoxy groups -OCH3 is 1. The van der Waals surface area contributed by atoms with E-state index in [1.165, 1.54) is 16.7 Å². The minimum atomic E-state index is -0.268. The molecule has 154 valence electrons. The van der Waals surface area contributed by atoms with E-state index in [0.29, 0.717) is 48.0 Å². The van der Waals surface area contributed by atoms with Gasteiger partial charge < -0.3 is 13.9 Å². The van der Waals surface area contributed by atoms with Gasteiger partial charge in [-0.1, -0.05) is 19.1 Å². The number of carbonyl (C=O) groups excluding carboxylic acids is 2. The third-order valence-corrected chi connectivity index (χ3v) is 5.51. The second kappa shape index (κ2) is 10.3. The van der Waals surface area contributed by atoms with Crippen molar-refractivity contribution in [2.45, 2.75) is 25.5 Å². The van der Waals surface area contributed by atoms with E-state index in [9.17, 15) is 9.59 Å². The zero-order chi connectivity index (χ0) is 20.6. The number of thioether (sulfide) groups is 1. The quantitative estimate of drug-likeness (QED) is 0.406. The number of furan rings is 1. The standard InChI is InChI=1S/C22H25NO5S/c1-3-12-27-17-9-7-16(8-10-17)19-20(29-15-18-6-4-14-28-18)22(25)23(21(19)24)11-5-13-26-2/h4,6-10,14H,3,5,11-13,15H2,1-2H3. The Morgan fingerprint density at radius 3 is 2.52 bits per heavy atom. The molecule has 0 bridgehead atoms. The number of carbonyl (C=O) groups is 2. The fourth-order valence-electron chi connectivity index (χ4n) is 2.99. The first-order chi connectivity index (χ1) is 14.2. The lowest BCUT2D eigenvalue weighted by molar-refractivity contribution is -0.136. The molecule has 0 aliphatic carbocycles. The van der Waals surface area contributed by atoms with Gasteiger partial charge in [-0.2, -0.15) is 0 Å². The molecule has 29 heavy (non-hydrogen) atoms. The van der Waals surface area contributed by atoms with Crippen molar-refractivity contribution in [2.75, 3.05) is 26.9 Å². The van der Waals surface area contributed by atoms with Gasteiger partial charge in [-0.25, -0.2) is 0 Å². The Bertz CT molecular complexity index is 858. The predicted octanol–water partition coefficient (Wildman–Crippen LogP) is 4.12. The summed E-state index contributed by atoms with van der Waals surface area (Å²) in [5.74, 6) is 1.45. The maximum atomic E-state index is 13.1. The first-order valence-corrected chi connectivity index (χ1v) is 10.6. The van der Waals surface area contributed by atoms with E-state index in [4.69, 9.17) is 13.9 Å². The van der Waals surface area contributed by atoms with Gasteiger partial charge in [0.25, 0.3) is 11.8 Å². The molecule has 2 aromatic rings. The van der Waals surface area contributed by atoms with Crippen molar-refractivity contribution in [3.8, 4) is 5.75 Å². The van der Waals surface area contributed by atoms with Crippen molar-refractivity contribution in [3.05, 3.63) is 58.9 Å². The van der Waals surface area contributed by atoms with Crippen LogP contribution in [-0.2, 0) is 20.1 Å². The van der Waals surface area contributed by atoms with Gasteiger partial charge >= 0.3 is 0 Å². The number of amides is 2. The van der Waals surface area contributed by atoms with Crippen LogP contribution >= 0.6 is 11.8 Å². The molecule has 0 saturated carbocycles. The third-order valence-electron chi connectivity index (χ3n) is 4.41. The average molecular weight is 416 g/mol. The molecule has 0 fully saturated rings. The lowest BCUT2D eigenvalue weighted by atomic mass is 10.1. The van der Waals surface area contributed by atoms with E-state index in [1.54, 1.807) is 19.4 Å². The van der Waals surface area contributed by atoms with Crippen LogP contribution in [0, 0.1) is 0 Å². The zero-order valence-electron chi connectivity index (χ0n) is 16.7. The topological polar surface area (TPSA) is 69.0 Å². The predicted molar refractivity (Wildman–Crippen MR) is 112 cm³/mol. The van der Waals surface area contributed by atoms with Crippen LogP contribution in [0.3, 0.4) is 0 Å². The van der Waals surface area contributed by atoms with Gasteiger partial charge in [0.05, 0.1) is 29.1 Å². The van der Waals surface area contributed by atoms with Crippen LogP contribution < -0.4 is 4.74 Å². The van der Waals surface area contributed by atoms with Gasteiger partial charge in [0, 0.05) is 20.3 Å². The normalized spacial score (nSPS) is 14.2. The average Bonchev–Trinajstić information content (AvgIpc) is 3.33. The van der Waals surface area contributed by atoms with Gasteiger partial charge in [-0.15, -0.1) is 11.8 Å². The maximum absolute atomic E-state index is 13.1. The Labute approximate surface area is 174 Å². The molecule has 0 unspecified atom stereocenters. The van der Waals surface area contributed by atoms with Crippen molar-refractivity contribution in [1.29, 1.82) is 0 Å². The van der Waals surface area contributed by atoms with Crippen LogP contribution in [0.15, 0.2) is 52.0 Å². The van der Waals surface area contributed by atoms with Gasteiger partial charge in [0.1, 0.15) is 11.5 Å². The van der Waals surface area contributed by atoms with Gasteiger partial charge in [0.2, 0.25) is 0 Å². The highest BCUT2D eigenvalue weighted by atomic mass is 32.2. The second-order valence-corrected chi connectivity index (χ2v) is 7.54. The number of ether oxygens (including phenoxy) is 2. The Morgan fingerprint density at radius 2 is 1.86 bits per heavy atom. The third kappa shape index (κ3) is 5.10. The lowest BCUT2D eigenvalue weighted by Gasteiger charge is -2.14. The molecule has 0 N–H and O–H groups in total. The molecule has 2 amide bonds. The Kier molecular flexibility index (Phi) is 7.55. The molecule has 1 aliphatic rings. The molecule has 3 rings (SSSR count). The molecule has 2 heterocycles. The maximum Gasteiger partial charge on any atom is 0.267 e. The summed E-state index contributed by atoms with van der Waals surface area (Å²) < 4.78 is 16.0. The van der Waals surface area contributed by atoms with E-state index in [-0.39, 0.29) is 11.8 Å². The Balaban J connectivity index is 1.85. The minimum Gasteiger partial charge on any atom is -0.494 e. The number of imide groups is 1. The van der Waals surface area contributed by atoms with E-state index in [2.05, 4.69) is 0 Å². The molecule has 1 aromatic heterocycles. The first-order valence-electron chi connectivity index (χ1n) is 9.63. The molecule has 1 aromatic carbocycles. The molecule has 0 spiro atoms. The summed E-state index contributed by atoms with van der Waals surface area (Å²) in [6.07, 6.45) is 3.12. The zero-order valence-corrected chi connectivity index (χ0v) is 17.5. The summed E-state index contributed by atoms with van der Waals surface area (Å²) in [4.78, 5) is 27.8. The number of hydrogen-bond acceptors (Lipinski definition) is 6. The van der Waals surface area contributed by atoms with E-state index < -0.39 is 0 Å². The molecule has 0 saturated heterocycles. The van der Waals surface area contributed by atoms with Crippen LogP contribution in [0.4, 0.5) is 0 Å². The fourth-order valence-corrected chi connectivity index (χ4v) is 4.02. The summed E-state index contributed by atoms with van der Waals surface area (Å²) >= 11 is 1.33. The fraction of sp³-hybridized carbons (Fsp3) is 0.364. The SMILES string of the molecule is CCCOc1ccc(C2=C(SCc3ccco3)C(=O)N(CCCOC)C2=O)cc1. The van der Waals surface area contributed by atoms with Crippen molar-refractivity contribution in [1.82, 2.24) is 4.90 Å². The van der Waals surface area contributed by atoms with E-state index in [0.717, 1.165) is 17.9 Å². The summed E-state index contributed by atoms with van der Waals surface area (Å²) in [6, 6.07) is 11.0. The second-order valence-electron chi connectivity index (χ2n) is 6.55.